The molecule has 0 bridgehead atoms. The lowest BCUT2D eigenvalue weighted by atomic mass is 10.0. The Labute approximate surface area is 119 Å². The van der Waals surface area contributed by atoms with Gasteiger partial charge < -0.3 is 10.2 Å². The molecule has 0 heterocycles. The minimum absolute atomic E-state index is 0.0600. The van der Waals surface area contributed by atoms with Crippen LogP contribution in [0.15, 0.2) is 18.2 Å². The second-order valence-electron chi connectivity index (χ2n) is 4.52. The third-order valence-corrected chi connectivity index (χ3v) is 3.03. The van der Waals surface area contributed by atoms with Crippen molar-refractivity contribution in [3.63, 3.8) is 0 Å². The Balaban J connectivity index is 3.15. The lowest BCUT2D eigenvalue weighted by Gasteiger charge is -2.25. The maximum absolute atomic E-state index is 14.1. The third-order valence-electron chi connectivity index (χ3n) is 3.03. The Morgan fingerprint density at radius 1 is 1.30 bits per heavy atom. The van der Waals surface area contributed by atoms with Crippen LogP contribution in [0.1, 0.15) is 31.9 Å². The van der Waals surface area contributed by atoms with Gasteiger partial charge in [-0.25, -0.2) is 4.39 Å². The standard InChI is InChI=1S/C15H19FN4/c1-3-9-19-12(2)15-13(16)5-4-6-14(15)20(10-7-17)11-8-18/h4-6,12,19H,3,9-11H2,1-2H3. The number of nitrogens with one attached hydrogen (secondary N) is 1. The highest BCUT2D eigenvalue weighted by Crippen LogP contribution is 2.28. The first-order valence-electron chi connectivity index (χ1n) is 6.66. The number of hydrogen-bond acceptors (Lipinski definition) is 4. The van der Waals surface area contributed by atoms with Gasteiger partial charge in [-0.15, -0.1) is 0 Å². The van der Waals surface area contributed by atoms with E-state index in [4.69, 9.17) is 10.5 Å². The topological polar surface area (TPSA) is 62.9 Å². The number of nitrogens with zero attached hydrogens (tertiary/aromatic N) is 3. The maximum Gasteiger partial charge on any atom is 0.130 e. The summed E-state index contributed by atoms with van der Waals surface area (Å²) in [5.74, 6) is -0.320. The van der Waals surface area contributed by atoms with Gasteiger partial charge >= 0.3 is 0 Å². The molecule has 0 radical (unpaired) electrons. The predicted molar refractivity (Wildman–Crippen MR) is 76.5 cm³/mol. The molecular weight excluding hydrogens is 255 g/mol. The van der Waals surface area contributed by atoms with E-state index in [0.29, 0.717) is 11.3 Å². The monoisotopic (exact) mass is 274 g/mol. The molecule has 0 saturated carbocycles. The number of rotatable bonds is 7. The fourth-order valence-corrected chi connectivity index (χ4v) is 2.09. The molecule has 1 N–H and O–H groups in total. The van der Waals surface area contributed by atoms with E-state index in [1.54, 1.807) is 17.0 Å². The molecule has 0 aromatic heterocycles. The summed E-state index contributed by atoms with van der Waals surface area (Å²) in [7, 11) is 0. The molecule has 1 atom stereocenters. The summed E-state index contributed by atoms with van der Waals surface area (Å²) < 4.78 is 14.1. The lowest BCUT2D eigenvalue weighted by Crippen LogP contribution is -2.28. The van der Waals surface area contributed by atoms with Gasteiger partial charge in [0.05, 0.1) is 12.1 Å². The van der Waals surface area contributed by atoms with Crippen LogP contribution in [0.25, 0.3) is 0 Å². The van der Waals surface area contributed by atoms with Crippen LogP contribution >= 0.6 is 0 Å². The van der Waals surface area contributed by atoms with Crippen molar-refractivity contribution in [2.24, 2.45) is 0 Å². The van der Waals surface area contributed by atoms with Crippen molar-refractivity contribution in [2.75, 3.05) is 24.5 Å². The summed E-state index contributed by atoms with van der Waals surface area (Å²) in [5.41, 5.74) is 1.11. The second kappa shape index (κ2) is 8.14. The molecule has 0 amide bonds. The Morgan fingerprint density at radius 2 is 1.95 bits per heavy atom. The summed E-state index contributed by atoms with van der Waals surface area (Å²) in [4.78, 5) is 1.59. The average Bonchev–Trinajstić information content (AvgIpc) is 2.44. The first-order valence-corrected chi connectivity index (χ1v) is 6.66. The largest absolute Gasteiger partial charge is 0.345 e. The van der Waals surface area contributed by atoms with Crippen molar-refractivity contribution in [1.82, 2.24) is 5.32 Å². The molecule has 0 saturated heterocycles. The molecule has 0 fully saturated rings. The van der Waals surface area contributed by atoms with Crippen LogP contribution in [0.3, 0.4) is 0 Å². The molecule has 4 nitrogen and oxygen atoms in total. The van der Waals surface area contributed by atoms with Crippen LogP contribution in [0.2, 0.25) is 0 Å². The Morgan fingerprint density at radius 3 is 2.50 bits per heavy atom. The Kier molecular flexibility index (Phi) is 6.49. The zero-order valence-electron chi connectivity index (χ0n) is 11.9. The number of benzene rings is 1. The van der Waals surface area contributed by atoms with Gasteiger partial charge in [-0.05, 0) is 32.0 Å². The highest BCUT2D eigenvalue weighted by atomic mass is 19.1. The number of halogens is 1. The first-order chi connectivity index (χ1) is 9.65. The van der Waals surface area contributed by atoms with Crippen LogP contribution < -0.4 is 10.2 Å². The second-order valence-corrected chi connectivity index (χ2v) is 4.52. The smallest absolute Gasteiger partial charge is 0.130 e. The summed E-state index contributed by atoms with van der Waals surface area (Å²) in [6.07, 6.45) is 0.953. The van der Waals surface area contributed by atoms with Gasteiger partial charge in [0.1, 0.15) is 18.9 Å². The Bertz CT molecular complexity index is 500. The fourth-order valence-electron chi connectivity index (χ4n) is 2.09. The predicted octanol–water partition coefficient (Wildman–Crippen LogP) is 2.74. The van der Waals surface area contributed by atoms with Crippen molar-refractivity contribution in [1.29, 1.82) is 10.5 Å². The zero-order chi connectivity index (χ0) is 15.0. The molecular formula is C15H19FN4. The van der Waals surface area contributed by atoms with E-state index in [2.05, 4.69) is 5.32 Å². The van der Waals surface area contributed by atoms with Crippen molar-refractivity contribution in [3.8, 4) is 12.1 Å². The molecule has 1 unspecified atom stereocenters. The average molecular weight is 274 g/mol. The highest BCUT2D eigenvalue weighted by Gasteiger charge is 2.19. The zero-order valence-corrected chi connectivity index (χ0v) is 11.9. The molecule has 20 heavy (non-hydrogen) atoms. The van der Waals surface area contributed by atoms with Crippen molar-refractivity contribution >= 4 is 5.69 Å². The maximum atomic E-state index is 14.1. The van der Waals surface area contributed by atoms with E-state index < -0.39 is 0 Å². The van der Waals surface area contributed by atoms with Gasteiger partial charge in [-0.1, -0.05) is 13.0 Å². The fraction of sp³-hybridized carbons (Fsp3) is 0.467. The van der Waals surface area contributed by atoms with Crippen LogP contribution in [-0.2, 0) is 0 Å². The van der Waals surface area contributed by atoms with Gasteiger partial charge in [-0.2, -0.15) is 10.5 Å². The van der Waals surface area contributed by atoms with E-state index >= 15 is 0 Å². The summed E-state index contributed by atoms with van der Waals surface area (Å²) in [6, 6.07) is 8.60. The van der Waals surface area contributed by atoms with Gasteiger partial charge in [0.2, 0.25) is 0 Å². The van der Waals surface area contributed by atoms with E-state index in [1.807, 2.05) is 26.0 Å². The van der Waals surface area contributed by atoms with Crippen LogP contribution in [0, 0.1) is 28.5 Å². The minimum Gasteiger partial charge on any atom is -0.345 e. The molecule has 5 heteroatoms. The van der Waals surface area contributed by atoms with E-state index in [9.17, 15) is 4.39 Å². The van der Waals surface area contributed by atoms with Crippen molar-refractivity contribution < 1.29 is 4.39 Å². The quantitative estimate of drug-likeness (QED) is 0.776. The van der Waals surface area contributed by atoms with Gasteiger partial charge in [-0.3, -0.25) is 0 Å². The first kappa shape index (κ1) is 15.9. The summed E-state index contributed by atoms with van der Waals surface area (Å²) in [6.45, 7) is 4.83. The molecule has 0 spiro atoms. The van der Waals surface area contributed by atoms with Crippen LogP contribution in [0.4, 0.5) is 10.1 Å². The SMILES string of the molecule is CCCNC(C)c1c(F)cccc1N(CC#N)CC#N. The summed E-state index contributed by atoms with van der Waals surface area (Å²) >= 11 is 0. The Hall–Kier alpha value is -2.11. The van der Waals surface area contributed by atoms with Crippen molar-refractivity contribution in [3.05, 3.63) is 29.6 Å². The molecule has 0 aliphatic heterocycles. The summed E-state index contributed by atoms with van der Waals surface area (Å²) in [5, 5.41) is 20.9. The van der Waals surface area contributed by atoms with Crippen LogP contribution in [-0.4, -0.2) is 19.6 Å². The number of hydrogen-bond donors (Lipinski definition) is 1. The molecule has 0 aliphatic carbocycles. The molecule has 106 valence electrons. The normalized spacial score (nSPS) is 11.4. The van der Waals surface area contributed by atoms with Gasteiger partial charge in [0, 0.05) is 17.3 Å². The highest BCUT2D eigenvalue weighted by molar-refractivity contribution is 5.56. The molecule has 0 aliphatic rings. The van der Waals surface area contributed by atoms with E-state index in [1.165, 1.54) is 6.07 Å². The van der Waals surface area contributed by atoms with E-state index in [0.717, 1.165) is 13.0 Å². The van der Waals surface area contributed by atoms with Crippen LogP contribution in [0.5, 0.6) is 0 Å². The molecule has 1 rings (SSSR count). The lowest BCUT2D eigenvalue weighted by molar-refractivity contribution is 0.527. The number of nitriles is 2. The van der Waals surface area contributed by atoms with Gasteiger partial charge in [0.25, 0.3) is 0 Å². The van der Waals surface area contributed by atoms with E-state index in [-0.39, 0.29) is 24.9 Å². The molecule has 1 aromatic carbocycles. The molecule has 1 aromatic rings. The third kappa shape index (κ3) is 3.94. The van der Waals surface area contributed by atoms with Crippen molar-refractivity contribution in [2.45, 2.75) is 26.3 Å². The van der Waals surface area contributed by atoms with Gasteiger partial charge in [0.15, 0.2) is 0 Å². The minimum atomic E-state index is -0.320. The number of anilines is 1.